The zero-order chi connectivity index (χ0) is 18.4. The number of ether oxygens (including phenoxy) is 1. The third-order valence-corrected chi connectivity index (χ3v) is 4.78. The van der Waals surface area contributed by atoms with Gasteiger partial charge in [0.2, 0.25) is 5.91 Å². The number of nitrogens with zero attached hydrogens (tertiary/aromatic N) is 2. The SMILES string of the molecule is Cc1cccc(OCc2nnc(SCC(=O)Nc3ccccc3Br)o2)c1. The van der Waals surface area contributed by atoms with Crippen molar-refractivity contribution in [3.8, 4) is 5.75 Å². The molecule has 2 aromatic carbocycles. The smallest absolute Gasteiger partial charge is 0.277 e. The predicted molar refractivity (Wildman–Crippen MR) is 103 cm³/mol. The number of aryl methyl sites for hydroxylation is 1. The molecule has 0 aliphatic carbocycles. The molecule has 0 bridgehead atoms. The lowest BCUT2D eigenvalue weighted by atomic mass is 10.2. The molecular formula is C18H16BrN3O3S. The Bertz CT molecular complexity index is 901. The van der Waals surface area contributed by atoms with E-state index < -0.39 is 0 Å². The molecule has 6 nitrogen and oxygen atoms in total. The van der Waals surface area contributed by atoms with E-state index in [1.165, 1.54) is 11.8 Å². The van der Waals surface area contributed by atoms with Crippen LogP contribution in [0.15, 0.2) is 62.6 Å². The van der Waals surface area contributed by atoms with E-state index in [4.69, 9.17) is 9.15 Å². The number of thioether (sulfide) groups is 1. The first-order valence-electron chi connectivity index (χ1n) is 7.79. The number of hydrogen-bond acceptors (Lipinski definition) is 6. The van der Waals surface area contributed by atoms with E-state index in [0.29, 0.717) is 11.1 Å². The molecule has 0 aliphatic heterocycles. The third kappa shape index (κ3) is 5.34. The van der Waals surface area contributed by atoms with Crippen LogP contribution in [0, 0.1) is 6.92 Å². The Balaban J connectivity index is 1.47. The highest BCUT2D eigenvalue weighted by Crippen LogP contribution is 2.22. The van der Waals surface area contributed by atoms with Crippen molar-refractivity contribution in [1.82, 2.24) is 10.2 Å². The lowest BCUT2D eigenvalue weighted by Gasteiger charge is -2.05. The molecule has 1 aromatic heterocycles. The molecule has 0 saturated carbocycles. The summed E-state index contributed by atoms with van der Waals surface area (Å²) in [5, 5.41) is 11.0. The van der Waals surface area contributed by atoms with Gasteiger partial charge in [0.25, 0.3) is 11.1 Å². The number of anilines is 1. The van der Waals surface area contributed by atoms with Gasteiger partial charge in [-0.1, -0.05) is 36.0 Å². The van der Waals surface area contributed by atoms with Crippen molar-refractivity contribution in [2.45, 2.75) is 18.8 Å². The number of para-hydroxylation sites is 1. The van der Waals surface area contributed by atoms with Gasteiger partial charge in [0.05, 0.1) is 11.4 Å². The van der Waals surface area contributed by atoms with Crippen molar-refractivity contribution in [2.75, 3.05) is 11.1 Å². The maximum absolute atomic E-state index is 12.0. The fourth-order valence-corrected chi connectivity index (χ4v) is 3.05. The van der Waals surface area contributed by atoms with E-state index in [1.807, 2.05) is 55.5 Å². The predicted octanol–water partition coefficient (Wildman–Crippen LogP) is 4.45. The molecule has 0 aliphatic rings. The lowest BCUT2D eigenvalue weighted by molar-refractivity contribution is -0.113. The number of amides is 1. The maximum atomic E-state index is 12.0. The second kappa shape index (κ2) is 8.86. The molecule has 0 radical (unpaired) electrons. The van der Waals surface area contributed by atoms with Crippen LogP contribution in [0.25, 0.3) is 0 Å². The van der Waals surface area contributed by atoms with E-state index in [9.17, 15) is 4.79 Å². The monoisotopic (exact) mass is 433 g/mol. The minimum Gasteiger partial charge on any atom is -0.484 e. The molecule has 26 heavy (non-hydrogen) atoms. The number of aromatic nitrogens is 2. The fraction of sp³-hybridized carbons (Fsp3) is 0.167. The Labute approximate surface area is 163 Å². The fourth-order valence-electron chi connectivity index (χ4n) is 2.08. The van der Waals surface area contributed by atoms with Gasteiger partial charge in [0.15, 0.2) is 6.61 Å². The van der Waals surface area contributed by atoms with Crippen LogP contribution >= 0.6 is 27.7 Å². The number of halogens is 1. The average Bonchev–Trinajstić information content (AvgIpc) is 3.08. The molecule has 0 unspecified atom stereocenters. The summed E-state index contributed by atoms with van der Waals surface area (Å²) in [6, 6.07) is 15.1. The van der Waals surface area contributed by atoms with E-state index in [1.54, 1.807) is 0 Å². The van der Waals surface area contributed by atoms with Gasteiger partial charge >= 0.3 is 0 Å². The van der Waals surface area contributed by atoms with Crippen molar-refractivity contribution < 1.29 is 13.9 Å². The third-order valence-electron chi connectivity index (χ3n) is 3.27. The molecule has 0 saturated heterocycles. The lowest BCUT2D eigenvalue weighted by Crippen LogP contribution is -2.14. The molecule has 3 aromatic rings. The first kappa shape index (κ1) is 18.5. The Morgan fingerprint density at radius 1 is 1.23 bits per heavy atom. The number of carbonyl (C=O) groups is 1. The minimum atomic E-state index is -0.155. The van der Waals surface area contributed by atoms with Gasteiger partial charge in [-0.05, 0) is 52.7 Å². The van der Waals surface area contributed by atoms with Crippen LogP contribution in [0.3, 0.4) is 0 Å². The molecule has 0 atom stereocenters. The van der Waals surface area contributed by atoms with Gasteiger partial charge in [-0.15, -0.1) is 10.2 Å². The summed E-state index contributed by atoms with van der Waals surface area (Å²) in [4.78, 5) is 12.0. The Morgan fingerprint density at radius 3 is 2.88 bits per heavy atom. The molecule has 134 valence electrons. The quantitative estimate of drug-likeness (QED) is 0.554. The zero-order valence-corrected chi connectivity index (χ0v) is 16.3. The number of rotatable bonds is 7. The van der Waals surface area contributed by atoms with E-state index in [2.05, 4.69) is 31.4 Å². The largest absolute Gasteiger partial charge is 0.484 e. The number of benzene rings is 2. The summed E-state index contributed by atoms with van der Waals surface area (Å²) in [7, 11) is 0. The van der Waals surface area contributed by atoms with Gasteiger partial charge in [-0.2, -0.15) is 0 Å². The minimum absolute atomic E-state index is 0.155. The molecule has 0 fully saturated rings. The Hall–Kier alpha value is -2.32. The van der Waals surface area contributed by atoms with Gasteiger partial charge in [-0.25, -0.2) is 0 Å². The maximum Gasteiger partial charge on any atom is 0.277 e. The first-order valence-corrected chi connectivity index (χ1v) is 9.57. The summed E-state index contributed by atoms with van der Waals surface area (Å²) >= 11 is 4.56. The van der Waals surface area contributed by atoms with Crippen LogP contribution in [0.1, 0.15) is 11.5 Å². The van der Waals surface area contributed by atoms with Crippen LogP contribution < -0.4 is 10.1 Å². The van der Waals surface area contributed by atoms with Gasteiger partial charge < -0.3 is 14.5 Å². The Kier molecular flexibility index (Phi) is 6.30. The van der Waals surface area contributed by atoms with Crippen LogP contribution in [-0.2, 0) is 11.4 Å². The van der Waals surface area contributed by atoms with Gasteiger partial charge in [0.1, 0.15) is 5.75 Å². The van der Waals surface area contributed by atoms with Crippen molar-refractivity contribution >= 4 is 39.3 Å². The number of hydrogen-bond donors (Lipinski definition) is 1. The summed E-state index contributed by atoms with van der Waals surface area (Å²) < 4.78 is 11.9. The van der Waals surface area contributed by atoms with Crippen molar-refractivity contribution in [1.29, 1.82) is 0 Å². The summed E-state index contributed by atoms with van der Waals surface area (Å²) in [6.45, 7) is 2.17. The highest BCUT2D eigenvalue weighted by atomic mass is 79.9. The van der Waals surface area contributed by atoms with E-state index in [-0.39, 0.29) is 18.3 Å². The first-order chi connectivity index (χ1) is 12.6. The molecule has 8 heteroatoms. The molecule has 3 rings (SSSR count). The molecule has 1 N–H and O–H groups in total. The van der Waals surface area contributed by atoms with Crippen molar-refractivity contribution in [3.63, 3.8) is 0 Å². The highest BCUT2D eigenvalue weighted by Gasteiger charge is 2.11. The normalized spacial score (nSPS) is 10.5. The average molecular weight is 434 g/mol. The standard InChI is InChI=1S/C18H16BrN3O3S/c1-12-5-4-6-13(9-12)24-10-17-21-22-18(25-17)26-11-16(23)20-15-8-3-2-7-14(15)19/h2-9H,10-11H2,1H3,(H,20,23). The van der Waals surface area contributed by atoms with E-state index >= 15 is 0 Å². The molecule has 1 heterocycles. The molecule has 0 spiro atoms. The second-order valence-electron chi connectivity index (χ2n) is 5.38. The van der Waals surface area contributed by atoms with E-state index in [0.717, 1.165) is 21.5 Å². The van der Waals surface area contributed by atoms with Crippen LogP contribution in [-0.4, -0.2) is 21.9 Å². The van der Waals surface area contributed by atoms with Gasteiger partial charge in [-0.3, -0.25) is 4.79 Å². The van der Waals surface area contributed by atoms with Crippen LogP contribution in [0.2, 0.25) is 0 Å². The number of carbonyl (C=O) groups excluding carboxylic acids is 1. The molecular weight excluding hydrogens is 418 g/mol. The van der Waals surface area contributed by atoms with Crippen LogP contribution in [0.5, 0.6) is 5.75 Å². The zero-order valence-electron chi connectivity index (χ0n) is 13.9. The molecule has 1 amide bonds. The second-order valence-corrected chi connectivity index (χ2v) is 7.16. The Morgan fingerprint density at radius 2 is 2.08 bits per heavy atom. The van der Waals surface area contributed by atoms with Crippen molar-refractivity contribution in [3.05, 3.63) is 64.5 Å². The highest BCUT2D eigenvalue weighted by molar-refractivity contribution is 9.10. The number of nitrogens with one attached hydrogen (secondary N) is 1. The topological polar surface area (TPSA) is 77.2 Å². The van der Waals surface area contributed by atoms with Crippen molar-refractivity contribution in [2.24, 2.45) is 0 Å². The summed E-state index contributed by atoms with van der Waals surface area (Å²) in [6.07, 6.45) is 0. The van der Waals surface area contributed by atoms with Gasteiger partial charge in [0, 0.05) is 4.47 Å². The summed E-state index contributed by atoms with van der Waals surface area (Å²) in [5.74, 6) is 1.12. The van der Waals surface area contributed by atoms with Crippen LogP contribution in [0.4, 0.5) is 5.69 Å². The summed E-state index contributed by atoms with van der Waals surface area (Å²) in [5.41, 5.74) is 1.83.